The third-order valence-electron chi connectivity index (χ3n) is 2.94. The highest BCUT2D eigenvalue weighted by atomic mass is 79.9. The van der Waals surface area contributed by atoms with Crippen molar-refractivity contribution in [2.75, 3.05) is 31.2 Å². The molecule has 0 unspecified atom stereocenters. The lowest BCUT2D eigenvalue weighted by molar-refractivity contribution is 0.152. The largest absolute Gasteiger partial charge is 0.380 e. The first-order valence-corrected chi connectivity index (χ1v) is 6.91. The van der Waals surface area contributed by atoms with Gasteiger partial charge in [-0.05, 0) is 25.0 Å². The molecule has 1 fully saturated rings. The molecule has 0 aliphatic carbocycles. The van der Waals surface area contributed by atoms with Crippen molar-refractivity contribution >= 4 is 21.6 Å². The van der Waals surface area contributed by atoms with Gasteiger partial charge in [-0.2, -0.15) is 0 Å². The Balaban J connectivity index is 2.23. The van der Waals surface area contributed by atoms with E-state index in [1.807, 2.05) is 0 Å². The normalized spacial score (nSPS) is 17.2. The molecule has 1 aliphatic rings. The first kappa shape index (κ1) is 11.9. The summed E-state index contributed by atoms with van der Waals surface area (Å²) in [6.07, 6.45) is 1.12. The Kier molecular flexibility index (Phi) is 4.24. The van der Waals surface area contributed by atoms with Crippen LogP contribution >= 0.6 is 15.9 Å². The number of alkyl halides is 1. The van der Waals surface area contributed by atoms with Crippen molar-refractivity contribution in [3.05, 3.63) is 29.3 Å². The summed E-state index contributed by atoms with van der Waals surface area (Å²) in [6, 6.07) is 6.68. The van der Waals surface area contributed by atoms with Crippen LogP contribution in [0.5, 0.6) is 0 Å². The summed E-state index contributed by atoms with van der Waals surface area (Å²) in [5.41, 5.74) is 4.05. The van der Waals surface area contributed by atoms with Gasteiger partial charge in [0.25, 0.3) is 0 Å². The van der Waals surface area contributed by atoms with Gasteiger partial charge >= 0.3 is 0 Å². The lowest BCUT2D eigenvalue weighted by Gasteiger charge is -2.24. The fourth-order valence-corrected chi connectivity index (χ4v) is 2.57. The van der Waals surface area contributed by atoms with E-state index < -0.39 is 0 Å². The number of aryl methyl sites for hydroxylation is 1. The van der Waals surface area contributed by atoms with Crippen molar-refractivity contribution in [3.8, 4) is 0 Å². The van der Waals surface area contributed by atoms with E-state index >= 15 is 0 Å². The number of hydrogen-bond acceptors (Lipinski definition) is 2. The van der Waals surface area contributed by atoms with E-state index in [9.17, 15) is 0 Å². The van der Waals surface area contributed by atoms with E-state index in [0.29, 0.717) is 0 Å². The number of anilines is 1. The molecule has 0 spiro atoms. The molecular weight excluding hydrogens is 266 g/mol. The molecule has 88 valence electrons. The quantitative estimate of drug-likeness (QED) is 0.774. The summed E-state index contributed by atoms with van der Waals surface area (Å²) in [7, 11) is 0. The minimum atomic E-state index is 0.843. The van der Waals surface area contributed by atoms with Crippen LogP contribution in [0.25, 0.3) is 0 Å². The van der Waals surface area contributed by atoms with Crippen molar-refractivity contribution in [2.24, 2.45) is 0 Å². The maximum atomic E-state index is 5.49. The number of nitrogens with zero attached hydrogens (tertiary/aromatic N) is 1. The highest BCUT2D eigenvalue weighted by Gasteiger charge is 2.13. The van der Waals surface area contributed by atoms with E-state index in [4.69, 9.17) is 4.74 Å². The van der Waals surface area contributed by atoms with E-state index in [1.54, 1.807) is 0 Å². The second kappa shape index (κ2) is 5.69. The lowest BCUT2D eigenvalue weighted by Crippen LogP contribution is -2.26. The fourth-order valence-electron chi connectivity index (χ4n) is 2.12. The average molecular weight is 284 g/mol. The number of halogens is 1. The molecule has 16 heavy (non-hydrogen) atoms. The predicted octanol–water partition coefficient (Wildman–Crippen LogP) is 3.12. The van der Waals surface area contributed by atoms with Crippen LogP contribution in [0.4, 0.5) is 5.69 Å². The fraction of sp³-hybridized carbons (Fsp3) is 0.538. The SMILES string of the molecule is Cc1ccc(N2CCCOCC2)c(CBr)c1. The molecule has 0 atom stereocenters. The molecule has 0 N–H and O–H groups in total. The maximum Gasteiger partial charge on any atom is 0.0641 e. The smallest absolute Gasteiger partial charge is 0.0641 e. The van der Waals surface area contributed by atoms with Crippen molar-refractivity contribution in [3.63, 3.8) is 0 Å². The van der Waals surface area contributed by atoms with Gasteiger partial charge in [-0.1, -0.05) is 33.6 Å². The molecule has 2 nitrogen and oxygen atoms in total. The minimum absolute atomic E-state index is 0.843. The van der Waals surface area contributed by atoms with Crippen molar-refractivity contribution in [2.45, 2.75) is 18.7 Å². The summed E-state index contributed by atoms with van der Waals surface area (Å²) < 4.78 is 5.49. The van der Waals surface area contributed by atoms with Crippen LogP contribution in [0.3, 0.4) is 0 Å². The second-order valence-corrected chi connectivity index (χ2v) is 4.78. The molecule has 0 saturated carbocycles. The zero-order valence-corrected chi connectivity index (χ0v) is 11.3. The molecule has 0 aromatic heterocycles. The molecule has 1 aromatic rings. The molecule has 1 aromatic carbocycles. The molecule has 3 heteroatoms. The Hall–Kier alpha value is -0.540. The monoisotopic (exact) mass is 283 g/mol. The zero-order chi connectivity index (χ0) is 11.4. The van der Waals surface area contributed by atoms with Crippen LogP contribution < -0.4 is 4.90 Å². The Morgan fingerprint density at radius 2 is 2.19 bits per heavy atom. The third-order valence-corrected chi connectivity index (χ3v) is 3.55. The number of hydrogen-bond donors (Lipinski definition) is 0. The molecule has 2 rings (SSSR count). The maximum absolute atomic E-state index is 5.49. The molecule has 1 saturated heterocycles. The van der Waals surface area contributed by atoms with Gasteiger partial charge in [-0.25, -0.2) is 0 Å². The van der Waals surface area contributed by atoms with Gasteiger partial charge in [0, 0.05) is 30.7 Å². The molecular formula is C13H18BrNO. The lowest BCUT2D eigenvalue weighted by atomic mass is 10.1. The van der Waals surface area contributed by atoms with Gasteiger partial charge in [0.05, 0.1) is 6.61 Å². The van der Waals surface area contributed by atoms with E-state index in [-0.39, 0.29) is 0 Å². The standard InChI is InChI=1S/C13H18BrNO/c1-11-3-4-13(12(9-11)10-14)15-5-2-7-16-8-6-15/h3-4,9H,2,5-8,10H2,1H3. The predicted molar refractivity (Wildman–Crippen MR) is 71.5 cm³/mol. The van der Waals surface area contributed by atoms with Gasteiger partial charge in [0.15, 0.2) is 0 Å². The van der Waals surface area contributed by atoms with Crippen LogP contribution in [-0.4, -0.2) is 26.3 Å². The van der Waals surface area contributed by atoms with Gasteiger partial charge in [-0.3, -0.25) is 0 Å². The summed E-state index contributed by atoms with van der Waals surface area (Å²) in [6.45, 7) is 5.98. The topological polar surface area (TPSA) is 12.5 Å². The molecule has 0 radical (unpaired) electrons. The Morgan fingerprint density at radius 3 is 3.00 bits per heavy atom. The van der Waals surface area contributed by atoms with E-state index in [2.05, 4.69) is 46.0 Å². The number of ether oxygens (including phenoxy) is 1. The third kappa shape index (κ3) is 2.77. The van der Waals surface area contributed by atoms with Crippen molar-refractivity contribution in [1.29, 1.82) is 0 Å². The second-order valence-electron chi connectivity index (χ2n) is 4.22. The minimum Gasteiger partial charge on any atom is -0.380 e. The summed E-state index contributed by atoms with van der Waals surface area (Å²) >= 11 is 3.57. The molecule has 1 aliphatic heterocycles. The van der Waals surface area contributed by atoms with Crippen molar-refractivity contribution < 1.29 is 4.74 Å². The Bertz CT molecular complexity index is 346. The number of benzene rings is 1. The zero-order valence-electron chi connectivity index (χ0n) is 9.71. The average Bonchev–Trinajstić information content (AvgIpc) is 2.57. The van der Waals surface area contributed by atoms with Crippen LogP contribution in [0.2, 0.25) is 0 Å². The van der Waals surface area contributed by atoms with Gasteiger partial charge in [0.1, 0.15) is 0 Å². The van der Waals surface area contributed by atoms with Gasteiger partial charge < -0.3 is 9.64 Å². The highest BCUT2D eigenvalue weighted by molar-refractivity contribution is 9.08. The van der Waals surface area contributed by atoms with Crippen LogP contribution in [0, 0.1) is 6.92 Å². The van der Waals surface area contributed by atoms with E-state index in [0.717, 1.165) is 38.1 Å². The van der Waals surface area contributed by atoms with Crippen molar-refractivity contribution in [1.82, 2.24) is 0 Å². The van der Waals surface area contributed by atoms with Gasteiger partial charge in [0.2, 0.25) is 0 Å². The Labute approximate surface area is 106 Å². The van der Waals surface area contributed by atoms with Gasteiger partial charge in [-0.15, -0.1) is 0 Å². The summed E-state index contributed by atoms with van der Waals surface area (Å²) in [4.78, 5) is 2.43. The van der Waals surface area contributed by atoms with Crippen LogP contribution in [0.15, 0.2) is 18.2 Å². The molecule has 0 bridgehead atoms. The molecule has 0 amide bonds. The highest BCUT2D eigenvalue weighted by Crippen LogP contribution is 2.25. The first-order valence-electron chi connectivity index (χ1n) is 5.79. The summed E-state index contributed by atoms with van der Waals surface area (Å²) in [5, 5.41) is 0.918. The first-order chi connectivity index (χ1) is 7.81. The van der Waals surface area contributed by atoms with Crippen LogP contribution in [-0.2, 0) is 10.1 Å². The summed E-state index contributed by atoms with van der Waals surface area (Å²) in [5.74, 6) is 0. The van der Waals surface area contributed by atoms with Crippen LogP contribution in [0.1, 0.15) is 17.5 Å². The number of rotatable bonds is 2. The molecule has 1 heterocycles. The Morgan fingerprint density at radius 1 is 1.31 bits per heavy atom. The van der Waals surface area contributed by atoms with E-state index in [1.165, 1.54) is 16.8 Å².